The van der Waals surface area contributed by atoms with Gasteiger partial charge in [-0.15, -0.1) is 24.0 Å². The molecular weight excluding hydrogens is 519 g/mol. The summed E-state index contributed by atoms with van der Waals surface area (Å²) >= 11 is 0. The minimum absolute atomic E-state index is 0. The van der Waals surface area contributed by atoms with E-state index >= 15 is 0 Å². The molecule has 7 nitrogen and oxygen atoms in total. The predicted octanol–water partition coefficient (Wildman–Crippen LogP) is 4.39. The number of halogens is 1. The van der Waals surface area contributed by atoms with E-state index in [-0.39, 0.29) is 24.0 Å². The molecule has 1 aromatic carbocycles. The van der Waals surface area contributed by atoms with Crippen molar-refractivity contribution in [3.05, 3.63) is 42.4 Å². The molecule has 0 bridgehead atoms. The second kappa shape index (κ2) is 12.9. The fraction of sp³-hybridized carbons (Fsp3) is 0.542. The molecule has 0 saturated carbocycles. The third kappa shape index (κ3) is 7.58. The number of likely N-dealkylation sites (tertiary alicyclic amines) is 1. The fourth-order valence-electron chi connectivity index (χ4n) is 3.99. The molecule has 8 heteroatoms. The first kappa shape index (κ1) is 24.7. The largest absolute Gasteiger partial charge is 0.490 e. The first-order valence-corrected chi connectivity index (χ1v) is 11.5. The predicted molar refractivity (Wildman–Crippen MR) is 139 cm³/mol. The van der Waals surface area contributed by atoms with Gasteiger partial charge in [0, 0.05) is 44.2 Å². The number of anilines is 1. The van der Waals surface area contributed by atoms with Crippen molar-refractivity contribution in [2.45, 2.75) is 32.6 Å². The van der Waals surface area contributed by atoms with Gasteiger partial charge in [0.25, 0.3) is 0 Å². The van der Waals surface area contributed by atoms with Gasteiger partial charge in [0.1, 0.15) is 5.76 Å². The Bertz CT molecular complexity index is 838. The van der Waals surface area contributed by atoms with Crippen molar-refractivity contribution in [1.82, 2.24) is 10.2 Å². The summed E-state index contributed by atoms with van der Waals surface area (Å²) in [5, 5.41) is 6.88. The molecule has 0 aliphatic carbocycles. The van der Waals surface area contributed by atoms with Crippen LogP contribution >= 0.6 is 24.0 Å². The Kier molecular flexibility index (Phi) is 9.98. The molecule has 2 aliphatic heterocycles. The second-order valence-corrected chi connectivity index (χ2v) is 8.40. The van der Waals surface area contributed by atoms with Gasteiger partial charge in [-0.25, -0.2) is 0 Å². The lowest BCUT2D eigenvalue weighted by molar-refractivity contribution is 0.291. The Balaban J connectivity index is 0.00000289. The van der Waals surface area contributed by atoms with Gasteiger partial charge < -0.3 is 29.4 Å². The summed E-state index contributed by atoms with van der Waals surface area (Å²) in [7, 11) is 0. The van der Waals surface area contributed by atoms with Crippen molar-refractivity contribution in [3.8, 4) is 11.5 Å². The summed E-state index contributed by atoms with van der Waals surface area (Å²) in [5.74, 6) is 3.82. The van der Waals surface area contributed by atoms with Crippen molar-refractivity contribution in [2.75, 3.05) is 51.3 Å². The van der Waals surface area contributed by atoms with Gasteiger partial charge in [-0.2, -0.15) is 0 Å². The molecule has 3 heterocycles. The number of ether oxygens (including phenoxy) is 2. The molecule has 2 N–H and O–H groups in total. The number of hydrogen-bond acceptors (Lipinski definition) is 5. The second-order valence-electron chi connectivity index (χ2n) is 8.40. The molecule has 1 fully saturated rings. The zero-order valence-corrected chi connectivity index (χ0v) is 21.2. The first-order valence-electron chi connectivity index (χ1n) is 11.5. The van der Waals surface area contributed by atoms with Crippen molar-refractivity contribution >= 4 is 35.6 Å². The smallest absolute Gasteiger partial charge is 0.195 e. The van der Waals surface area contributed by atoms with E-state index in [0.29, 0.717) is 19.1 Å². The molecular formula is C24H35IN4O3. The summed E-state index contributed by atoms with van der Waals surface area (Å²) < 4.78 is 17.0. The molecule has 0 radical (unpaired) electrons. The van der Waals surface area contributed by atoms with Crippen LogP contribution in [0.4, 0.5) is 5.69 Å². The van der Waals surface area contributed by atoms with Crippen LogP contribution in [0.1, 0.15) is 31.9 Å². The normalized spacial score (nSPS) is 17.3. The number of rotatable bonds is 8. The number of furan rings is 1. The highest BCUT2D eigenvalue weighted by molar-refractivity contribution is 14.0. The Hall–Kier alpha value is -1.94. The number of nitrogens with one attached hydrogen (secondary N) is 2. The number of guanidine groups is 1. The topological polar surface area (TPSA) is 71.3 Å². The zero-order chi connectivity index (χ0) is 21.3. The summed E-state index contributed by atoms with van der Waals surface area (Å²) in [6, 6.07) is 9.86. The molecule has 4 rings (SSSR count). The SMILES string of the molecule is CC(CN=C(NCCc1ccco1)Nc1ccc2c(c1)OCCCO2)CN1CCCC1.I. The molecule has 1 aromatic heterocycles. The third-order valence-electron chi connectivity index (χ3n) is 5.58. The lowest BCUT2D eigenvalue weighted by atomic mass is 10.2. The van der Waals surface area contributed by atoms with E-state index < -0.39 is 0 Å². The molecule has 32 heavy (non-hydrogen) atoms. The van der Waals surface area contributed by atoms with Crippen LogP contribution < -0.4 is 20.1 Å². The number of hydrogen-bond donors (Lipinski definition) is 2. The molecule has 0 spiro atoms. The van der Waals surface area contributed by atoms with E-state index in [4.69, 9.17) is 18.9 Å². The Morgan fingerprint density at radius 3 is 2.69 bits per heavy atom. The standard InChI is InChI=1S/C24H34N4O3.HI/c1-19(18-28-11-2-3-12-28)17-26-24(25-10-9-21-6-4-13-29-21)27-20-7-8-22-23(16-20)31-15-5-14-30-22;/h4,6-8,13,16,19H,2-3,5,9-12,14-15,17-18H2,1H3,(H2,25,26,27);1H. The van der Waals surface area contributed by atoms with Crippen molar-refractivity contribution in [1.29, 1.82) is 0 Å². The minimum atomic E-state index is 0. The molecule has 0 amide bonds. The fourth-order valence-corrected chi connectivity index (χ4v) is 3.99. The highest BCUT2D eigenvalue weighted by Crippen LogP contribution is 2.32. The summed E-state index contributed by atoms with van der Waals surface area (Å²) in [6.07, 6.45) is 6.05. The minimum Gasteiger partial charge on any atom is -0.490 e. The van der Waals surface area contributed by atoms with Crippen molar-refractivity contribution < 1.29 is 13.9 Å². The average molecular weight is 554 g/mol. The van der Waals surface area contributed by atoms with Crippen LogP contribution in [-0.4, -0.2) is 56.8 Å². The van der Waals surface area contributed by atoms with Gasteiger partial charge in [0.05, 0.1) is 19.5 Å². The molecule has 1 saturated heterocycles. The first-order chi connectivity index (χ1) is 15.3. The number of benzene rings is 1. The van der Waals surface area contributed by atoms with Crippen molar-refractivity contribution in [2.24, 2.45) is 10.9 Å². The molecule has 1 unspecified atom stereocenters. The molecule has 1 atom stereocenters. The van der Waals surface area contributed by atoms with Crippen LogP contribution in [0, 0.1) is 5.92 Å². The quantitative estimate of drug-likeness (QED) is 0.287. The number of aliphatic imine (C=N–C) groups is 1. The molecule has 2 aromatic rings. The Morgan fingerprint density at radius 1 is 1.09 bits per heavy atom. The van der Waals surface area contributed by atoms with Crippen LogP contribution in [0.3, 0.4) is 0 Å². The van der Waals surface area contributed by atoms with Crippen LogP contribution in [0.5, 0.6) is 11.5 Å². The van der Waals surface area contributed by atoms with Gasteiger partial charge in [0.15, 0.2) is 17.5 Å². The average Bonchev–Trinajstić information content (AvgIpc) is 3.42. The highest BCUT2D eigenvalue weighted by Gasteiger charge is 2.15. The van der Waals surface area contributed by atoms with E-state index in [0.717, 1.165) is 61.4 Å². The van der Waals surface area contributed by atoms with Gasteiger partial charge in [-0.3, -0.25) is 4.99 Å². The monoisotopic (exact) mass is 554 g/mol. The van der Waals surface area contributed by atoms with Crippen LogP contribution in [0.15, 0.2) is 46.0 Å². The molecule has 176 valence electrons. The van der Waals surface area contributed by atoms with E-state index in [1.54, 1.807) is 6.26 Å². The van der Waals surface area contributed by atoms with Crippen LogP contribution in [0.25, 0.3) is 0 Å². The maximum absolute atomic E-state index is 5.83. The van der Waals surface area contributed by atoms with Crippen LogP contribution in [-0.2, 0) is 6.42 Å². The van der Waals surface area contributed by atoms with Gasteiger partial charge in [0.2, 0.25) is 0 Å². The summed E-state index contributed by atoms with van der Waals surface area (Å²) in [5.41, 5.74) is 0.931. The maximum Gasteiger partial charge on any atom is 0.195 e. The van der Waals surface area contributed by atoms with E-state index in [2.05, 4.69) is 22.5 Å². The Labute approximate surface area is 208 Å². The van der Waals surface area contributed by atoms with Gasteiger partial charge in [-0.05, 0) is 56.1 Å². The van der Waals surface area contributed by atoms with Gasteiger partial charge in [-0.1, -0.05) is 6.92 Å². The zero-order valence-electron chi connectivity index (χ0n) is 18.8. The summed E-state index contributed by atoms with van der Waals surface area (Å²) in [6.45, 7) is 8.70. The van der Waals surface area contributed by atoms with Crippen LogP contribution in [0.2, 0.25) is 0 Å². The van der Waals surface area contributed by atoms with Crippen molar-refractivity contribution in [3.63, 3.8) is 0 Å². The maximum atomic E-state index is 5.83. The highest BCUT2D eigenvalue weighted by atomic mass is 127. The number of fused-ring (bicyclic) bond motifs is 1. The van der Waals surface area contributed by atoms with Gasteiger partial charge >= 0.3 is 0 Å². The van der Waals surface area contributed by atoms with E-state index in [9.17, 15) is 0 Å². The van der Waals surface area contributed by atoms with E-state index in [1.807, 2.05) is 30.3 Å². The number of nitrogens with zero attached hydrogens (tertiary/aromatic N) is 2. The lowest BCUT2D eigenvalue weighted by Crippen LogP contribution is -2.34. The molecule has 2 aliphatic rings. The lowest BCUT2D eigenvalue weighted by Gasteiger charge is -2.20. The third-order valence-corrected chi connectivity index (χ3v) is 5.58. The van der Waals surface area contributed by atoms with E-state index in [1.165, 1.54) is 25.9 Å². The summed E-state index contributed by atoms with van der Waals surface area (Å²) in [4.78, 5) is 7.42. The Morgan fingerprint density at radius 2 is 1.91 bits per heavy atom.